The summed E-state index contributed by atoms with van der Waals surface area (Å²) in [6, 6.07) is 0. The smallest absolute Gasteiger partial charge is 0.158 e. The molecule has 0 aliphatic heterocycles. The summed E-state index contributed by atoms with van der Waals surface area (Å²) in [6.07, 6.45) is 0.486. The van der Waals surface area contributed by atoms with Crippen molar-refractivity contribution in [3.05, 3.63) is 0 Å². The van der Waals surface area contributed by atoms with Crippen LogP contribution in [0.25, 0.3) is 0 Å². The highest BCUT2D eigenvalue weighted by Crippen LogP contribution is 2.02. The van der Waals surface area contributed by atoms with Crippen LogP contribution in [0.1, 0.15) is 0 Å². The lowest BCUT2D eigenvalue weighted by atomic mass is 10.8. The molecule has 0 amide bonds. The monoisotopic (exact) mass is 135 g/mol. The number of nitrogens with two attached hydrogens (primary N) is 1. The summed E-state index contributed by atoms with van der Waals surface area (Å²) in [5.74, 6) is 0.625. The maximum atomic E-state index is 9.70. The van der Waals surface area contributed by atoms with Crippen LogP contribution < -0.4 is 5.73 Å². The third-order valence-corrected chi connectivity index (χ3v) is 1.45. The van der Waals surface area contributed by atoms with Crippen molar-refractivity contribution in [3.8, 4) is 0 Å². The van der Waals surface area contributed by atoms with E-state index in [4.69, 9.17) is 10.8 Å². The molecule has 0 spiro atoms. The fourth-order valence-electron chi connectivity index (χ4n) is 0.228. The van der Waals surface area contributed by atoms with Gasteiger partial charge in [0.2, 0.25) is 0 Å². The van der Waals surface area contributed by atoms with Gasteiger partial charge in [-0.05, 0) is 0 Å². The van der Waals surface area contributed by atoms with Crippen LogP contribution in [0, 0.1) is 0 Å². The highest BCUT2D eigenvalue weighted by molar-refractivity contribution is 8.00. The molecule has 1 atom stereocenters. The Morgan fingerprint density at radius 3 is 2.88 bits per heavy atom. The summed E-state index contributed by atoms with van der Waals surface area (Å²) in [4.78, 5) is 9.70. The van der Waals surface area contributed by atoms with Gasteiger partial charge in [-0.2, -0.15) is 0 Å². The normalized spacial score (nSPS) is 13.2. The van der Waals surface area contributed by atoms with E-state index in [2.05, 4.69) is 0 Å². The number of aliphatic hydroxyl groups excluding tert-OH is 1. The third-order valence-electron chi connectivity index (χ3n) is 0.523. The number of aldehydes is 1. The van der Waals surface area contributed by atoms with E-state index in [0.29, 0.717) is 18.6 Å². The molecule has 8 heavy (non-hydrogen) atoms. The van der Waals surface area contributed by atoms with Gasteiger partial charge in [0.15, 0.2) is 11.7 Å². The average molecular weight is 135 g/mol. The maximum Gasteiger partial charge on any atom is 0.158 e. The molecule has 4 heteroatoms. The second kappa shape index (κ2) is 5.08. The Balaban J connectivity index is 2.98. The highest BCUT2D eigenvalue weighted by atomic mass is 32.2. The number of carbonyl (C=O) groups is 1. The Hall–Kier alpha value is -0.0600. The van der Waals surface area contributed by atoms with Crippen LogP contribution in [0.2, 0.25) is 0 Å². The van der Waals surface area contributed by atoms with E-state index in [1.807, 2.05) is 0 Å². The Bertz CT molecular complexity index is 69.1. The number of rotatable bonds is 4. The van der Waals surface area contributed by atoms with Gasteiger partial charge in [-0.25, -0.2) is 0 Å². The average Bonchev–Trinajstić information content (AvgIpc) is 1.83. The minimum atomic E-state index is -0.890. The van der Waals surface area contributed by atoms with Crippen LogP contribution in [0.3, 0.4) is 0 Å². The topological polar surface area (TPSA) is 63.3 Å². The molecule has 48 valence electrons. The largest absolute Gasteiger partial charge is 0.375 e. The van der Waals surface area contributed by atoms with E-state index >= 15 is 0 Å². The lowest BCUT2D eigenvalue weighted by molar-refractivity contribution is -0.111. The van der Waals surface area contributed by atoms with Gasteiger partial charge in [0.1, 0.15) is 0 Å². The predicted octanol–water partition coefficient (Wildman–Crippen LogP) is -0.804. The molecule has 1 unspecified atom stereocenters. The predicted molar refractivity (Wildman–Crippen MR) is 33.6 cm³/mol. The van der Waals surface area contributed by atoms with Gasteiger partial charge < -0.3 is 10.8 Å². The zero-order valence-corrected chi connectivity index (χ0v) is 5.23. The number of thioether (sulfide) groups is 1. The molecule has 0 saturated carbocycles. The quantitative estimate of drug-likeness (QED) is 0.391. The second-order valence-electron chi connectivity index (χ2n) is 1.19. The van der Waals surface area contributed by atoms with E-state index in [1.165, 1.54) is 0 Å². The minimum Gasteiger partial charge on any atom is -0.375 e. The van der Waals surface area contributed by atoms with Gasteiger partial charge >= 0.3 is 0 Å². The zero-order chi connectivity index (χ0) is 6.41. The van der Waals surface area contributed by atoms with Crippen molar-refractivity contribution in [2.24, 2.45) is 5.73 Å². The Kier molecular flexibility index (Phi) is 5.05. The lowest BCUT2D eigenvalue weighted by Crippen LogP contribution is -2.08. The second-order valence-corrected chi connectivity index (χ2v) is 2.41. The number of hydrogen-bond donors (Lipinski definition) is 2. The Morgan fingerprint density at radius 2 is 2.50 bits per heavy atom. The maximum absolute atomic E-state index is 9.70. The first-order valence-electron chi connectivity index (χ1n) is 2.26. The molecule has 3 N–H and O–H groups in total. The fourth-order valence-corrected chi connectivity index (χ4v) is 0.684. The zero-order valence-electron chi connectivity index (χ0n) is 4.41. The first-order valence-corrected chi connectivity index (χ1v) is 3.31. The van der Waals surface area contributed by atoms with Gasteiger partial charge in [-0.3, -0.25) is 4.79 Å². The standard InChI is InChI=1S/C4H9NO2S/c5-1-2-8-4(7)3-6/h3-4,7H,1-2,5H2. The van der Waals surface area contributed by atoms with Crippen LogP contribution in [0.15, 0.2) is 0 Å². The SMILES string of the molecule is NCCSC(O)C=O. The molecule has 0 saturated heterocycles. The molecule has 0 fully saturated rings. The van der Waals surface area contributed by atoms with Crippen LogP contribution in [0.5, 0.6) is 0 Å². The van der Waals surface area contributed by atoms with E-state index in [9.17, 15) is 4.79 Å². The van der Waals surface area contributed by atoms with Crippen molar-refractivity contribution in [3.63, 3.8) is 0 Å². The number of carbonyl (C=O) groups excluding carboxylic acids is 1. The van der Waals surface area contributed by atoms with Gasteiger partial charge in [0.25, 0.3) is 0 Å². The van der Waals surface area contributed by atoms with Gasteiger partial charge in [0.05, 0.1) is 0 Å². The molecule has 0 aliphatic carbocycles. The summed E-state index contributed by atoms with van der Waals surface area (Å²) >= 11 is 1.14. The van der Waals surface area contributed by atoms with Crippen molar-refractivity contribution in [1.82, 2.24) is 0 Å². The summed E-state index contributed by atoms with van der Waals surface area (Å²) in [5, 5.41) is 8.53. The fraction of sp³-hybridized carbons (Fsp3) is 0.750. The van der Waals surface area contributed by atoms with E-state index < -0.39 is 5.44 Å². The molecule has 3 nitrogen and oxygen atoms in total. The molecular formula is C4H9NO2S. The van der Waals surface area contributed by atoms with Crippen molar-refractivity contribution in [2.45, 2.75) is 5.44 Å². The first kappa shape index (κ1) is 7.94. The number of hydrogen-bond acceptors (Lipinski definition) is 4. The molecule has 0 radical (unpaired) electrons. The molecular weight excluding hydrogens is 126 g/mol. The van der Waals surface area contributed by atoms with Crippen LogP contribution in [-0.2, 0) is 4.79 Å². The van der Waals surface area contributed by atoms with Crippen molar-refractivity contribution >= 4 is 18.0 Å². The Labute approximate surface area is 52.3 Å². The van der Waals surface area contributed by atoms with Crippen molar-refractivity contribution < 1.29 is 9.90 Å². The van der Waals surface area contributed by atoms with Crippen LogP contribution in [-0.4, -0.2) is 29.1 Å². The molecule has 0 aliphatic rings. The van der Waals surface area contributed by atoms with Crippen molar-refractivity contribution in [1.29, 1.82) is 0 Å². The molecule has 0 bridgehead atoms. The lowest BCUT2D eigenvalue weighted by Gasteiger charge is -1.97. The molecule has 0 aromatic rings. The van der Waals surface area contributed by atoms with E-state index in [-0.39, 0.29) is 0 Å². The third kappa shape index (κ3) is 4.11. The van der Waals surface area contributed by atoms with Crippen molar-refractivity contribution in [2.75, 3.05) is 12.3 Å². The summed E-state index contributed by atoms with van der Waals surface area (Å²) in [7, 11) is 0. The summed E-state index contributed by atoms with van der Waals surface area (Å²) in [6.45, 7) is 0.496. The minimum absolute atomic E-state index is 0.486. The van der Waals surface area contributed by atoms with Gasteiger partial charge in [-0.15, -0.1) is 11.8 Å². The van der Waals surface area contributed by atoms with Gasteiger partial charge in [0, 0.05) is 12.3 Å². The van der Waals surface area contributed by atoms with Crippen LogP contribution in [0.4, 0.5) is 0 Å². The van der Waals surface area contributed by atoms with Gasteiger partial charge in [-0.1, -0.05) is 0 Å². The van der Waals surface area contributed by atoms with Crippen LogP contribution >= 0.6 is 11.8 Å². The molecule has 0 rings (SSSR count). The molecule has 0 aromatic carbocycles. The highest BCUT2D eigenvalue weighted by Gasteiger charge is 1.97. The summed E-state index contributed by atoms with van der Waals surface area (Å²) < 4.78 is 0. The molecule has 0 heterocycles. The van der Waals surface area contributed by atoms with E-state index in [0.717, 1.165) is 11.8 Å². The first-order chi connectivity index (χ1) is 3.81. The molecule has 0 aromatic heterocycles. The Morgan fingerprint density at radius 1 is 1.88 bits per heavy atom. The number of aliphatic hydroxyl groups is 1. The summed E-state index contributed by atoms with van der Waals surface area (Å²) in [5.41, 5.74) is 4.19. The van der Waals surface area contributed by atoms with E-state index in [1.54, 1.807) is 0 Å².